The average molecular weight is 493 g/mol. The van der Waals surface area contributed by atoms with Crippen molar-refractivity contribution in [2.45, 2.75) is 38.1 Å². The molecule has 0 bridgehead atoms. The molecule has 3 rings (SSSR count). The molecular formula is C19H29FIN3O3. The number of aliphatic imine (C=N–C) groups is 1. The van der Waals surface area contributed by atoms with Crippen molar-refractivity contribution in [2.75, 3.05) is 39.4 Å². The van der Waals surface area contributed by atoms with Crippen molar-refractivity contribution in [1.82, 2.24) is 10.2 Å². The normalized spacial score (nSPS) is 24.4. The second-order valence-electron chi connectivity index (χ2n) is 6.67. The van der Waals surface area contributed by atoms with Crippen LogP contribution in [-0.2, 0) is 9.47 Å². The van der Waals surface area contributed by atoms with Crippen molar-refractivity contribution in [1.29, 1.82) is 0 Å². The van der Waals surface area contributed by atoms with Crippen LogP contribution >= 0.6 is 24.0 Å². The van der Waals surface area contributed by atoms with Gasteiger partial charge in [0.1, 0.15) is 11.9 Å². The Bertz CT molecular complexity index is 596. The van der Waals surface area contributed by atoms with E-state index in [-0.39, 0.29) is 48.5 Å². The van der Waals surface area contributed by atoms with Gasteiger partial charge in [0, 0.05) is 26.2 Å². The van der Waals surface area contributed by atoms with Gasteiger partial charge in [-0.05, 0) is 37.5 Å². The highest BCUT2D eigenvalue weighted by atomic mass is 127. The number of nitrogens with zero attached hydrogens (tertiary/aromatic N) is 2. The topological polar surface area (TPSA) is 66.3 Å². The lowest BCUT2D eigenvalue weighted by atomic mass is 10.1. The Morgan fingerprint density at radius 2 is 2.04 bits per heavy atom. The average Bonchev–Trinajstić information content (AvgIpc) is 3.20. The predicted octanol–water partition coefficient (Wildman–Crippen LogP) is 2.32. The highest BCUT2D eigenvalue weighted by Gasteiger charge is 2.32. The quantitative estimate of drug-likeness (QED) is 0.375. The molecular weight excluding hydrogens is 464 g/mol. The molecule has 0 spiro atoms. The van der Waals surface area contributed by atoms with Crippen LogP contribution in [0.4, 0.5) is 4.39 Å². The minimum atomic E-state index is -0.765. The third kappa shape index (κ3) is 6.27. The summed E-state index contributed by atoms with van der Waals surface area (Å²) in [7, 11) is 0. The maximum absolute atomic E-state index is 13.0. The molecule has 2 aliphatic heterocycles. The van der Waals surface area contributed by atoms with E-state index >= 15 is 0 Å². The molecule has 2 fully saturated rings. The van der Waals surface area contributed by atoms with Crippen LogP contribution in [0.3, 0.4) is 0 Å². The summed E-state index contributed by atoms with van der Waals surface area (Å²) in [5, 5.41) is 13.6. The van der Waals surface area contributed by atoms with Gasteiger partial charge < -0.3 is 24.8 Å². The number of halogens is 2. The van der Waals surface area contributed by atoms with Gasteiger partial charge in [-0.25, -0.2) is 4.39 Å². The van der Waals surface area contributed by atoms with Crippen molar-refractivity contribution >= 4 is 29.9 Å². The van der Waals surface area contributed by atoms with Crippen LogP contribution < -0.4 is 5.32 Å². The highest BCUT2D eigenvalue weighted by molar-refractivity contribution is 14.0. The van der Waals surface area contributed by atoms with Gasteiger partial charge in [-0.2, -0.15) is 0 Å². The third-order valence-corrected chi connectivity index (χ3v) is 4.78. The Balaban J connectivity index is 0.00000261. The van der Waals surface area contributed by atoms with Crippen molar-refractivity contribution in [3.05, 3.63) is 35.6 Å². The van der Waals surface area contributed by atoms with E-state index in [1.807, 2.05) is 6.92 Å². The minimum Gasteiger partial charge on any atom is -0.386 e. The van der Waals surface area contributed by atoms with Crippen molar-refractivity contribution in [3.8, 4) is 0 Å². The SMILES string of the molecule is CCNC(=NCC(O)c1ccc(F)cc1)N1CCOC(C2CCCO2)C1.I. The number of ether oxygens (including phenoxy) is 2. The number of aliphatic hydroxyl groups is 1. The molecule has 3 unspecified atom stereocenters. The van der Waals surface area contributed by atoms with Gasteiger partial charge in [-0.3, -0.25) is 4.99 Å². The standard InChI is InChI=1S/C19H28FN3O3.HI/c1-2-21-19(22-12-16(24)14-5-7-15(20)8-6-14)23-9-11-26-18(13-23)17-4-3-10-25-17;/h5-8,16-18,24H,2-4,9-13H2,1H3,(H,21,22);1H. The molecule has 1 aromatic carbocycles. The first-order valence-corrected chi connectivity index (χ1v) is 9.37. The molecule has 27 heavy (non-hydrogen) atoms. The highest BCUT2D eigenvalue weighted by Crippen LogP contribution is 2.21. The van der Waals surface area contributed by atoms with E-state index < -0.39 is 6.10 Å². The zero-order valence-corrected chi connectivity index (χ0v) is 18.0. The van der Waals surface area contributed by atoms with Gasteiger partial charge in [0.15, 0.2) is 5.96 Å². The van der Waals surface area contributed by atoms with Crippen LogP contribution in [0, 0.1) is 5.82 Å². The maximum Gasteiger partial charge on any atom is 0.194 e. The number of rotatable bonds is 5. The molecule has 2 saturated heterocycles. The maximum atomic E-state index is 13.0. The van der Waals surface area contributed by atoms with Crippen LogP contribution in [0.5, 0.6) is 0 Å². The summed E-state index contributed by atoms with van der Waals surface area (Å²) in [4.78, 5) is 6.75. The van der Waals surface area contributed by atoms with E-state index in [1.165, 1.54) is 12.1 Å². The largest absolute Gasteiger partial charge is 0.386 e. The van der Waals surface area contributed by atoms with E-state index in [4.69, 9.17) is 9.47 Å². The Hall–Kier alpha value is -0.970. The summed E-state index contributed by atoms with van der Waals surface area (Å²) in [6, 6.07) is 5.87. The molecule has 2 N–H and O–H groups in total. The van der Waals surface area contributed by atoms with Crippen LogP contribution in [0.1, 0.15) is 31.4 Å². The molecule has 1 aromatic rings. The van der Waals surface area contributed by atoms with Crippen LogP contribution in [0.2, 0.25) is 0 Å². The van der Waals surface area contributed by atoms with E-state index in [1.54, 1.807) is 12.1 Å². The first kappa shape index (κ1) is 22.3. The number of guanidine groups is 1. The molecule has 2 aliphatic rings. The summed E-state index contributed by atoms with van der Waals surface area (Å²) in [5.74, 6) is 0.450. The van der Waals surface area contributed by atoms with E-state index in [0.29, 0.717) is 12.2 Å². The summed E-state index contributed by atoms with van der Waals surface area (Å²) in [5.41, 5.74) is 0.658. The number of nitrogens with one attached hydrogen (secondary N) is 1. The number of hydrogen-bond donors (Lipinski definition) is 2. The lowest BCUT2D eigenvalue weighted by Gasteiger charge is -2.37. The van der Waals surface area contributed by atoms with Gasteiger partial charge in [-0.1, -0.05) is 12.1 Å². The molecule has 3 atom stereocenters. The van der Waals surface area contributed by atoms with E-state index in [0.717, 1.165) is 45.0 Å². The molecule has 0 aliphatic carbocycles. The second-order valence-corrected chi connectivity index (χ2v) is 6.67. The second kappa shape index (κ2) is 11.1. The summed E-state index contributed by atoms with van der Waals surface area (Å²) in [6.45, 7) is 5.90. The van der Waals surface area contributed by atoms with Crippen LogP contribution in [0.25, 0.3) is 0 Å². The Morgan fingerprint density at radius 3 is 2.70 bits per heavy atom. The van der Waals surface area contributed by atoms with Crippen LogP contribution in [-0.4, -0.2) is 67.6 Å². The van der Waals surface area contributed by atoms with E-state index in [2.05, 4.69) is 15.2 Å². The Morgan fingerprint density at radius 1 is 1.30 bits per heavy atom. The van der Waals surface area contributed by atoms with Crippen molar-refractivity contribution < 1.29 is 19.0 Å². The third-order valence-electron chi connectivity index (χ3n) is 4.78. The fraction of sp³-hybridized carbons (Fsp3) is 0.632. The molecule has 6 nitrogen and oxygen atoms in total. The van der Waals surface area contributed by atoms with E-state index in [9.17, 15) is 9.50 Å². The molecule has 0 radical (unpaired) electrons. The summed E-state index contributed by atoms with van der Waals surface area (Å²) < 4.78 is 24.7. The minimum absolute atomic E-state index is 0. The van der Waals surface area contributed by atoms with Crippen molar-refractivity contribution in [2.24, 2.45) is 4.99 Å². The number of hydrogen-bond acceptors (Lipinski definition) is 4. The smallest absolute Gasteiger partial charge is 0.194 e. The number of aliphatic hydroxyl groups excluding tert-OH is 1. The Labute approximate surface area is 177 Å². The fourth-order valence-electron chi connectivity index (χ4n) is 3.38. The first-order valence-electron chi connectivity index (χ1n) is 9.37. The van der Waals surface area contributed by atoms with Gasteiger partial charge in [0.25, 0.3) is 0 Å². The Kier molecular flexibility index (Phi) is 9.20. The fourth-order valence-corrected chi connectivity index (χ4v) is 3.38. The molecule has 0 saturated carbocycles. The molecule has 2 heterocycles. The molecule has 0 amide bonds. The number of morpholine rings is 1. The summed E-state index contributed by atoms with van der Waals surface area (Å²) in [6.07, 6.45) is 1.57. The van der Waals surface area contributed by atoms with Gasteiger partial charge in [0.2, 0.25) is 0 Å². The number of benzene rings is 1. The summed E-state index contributed by atoms with van der Waals surface area (Å²) >= 11 is 0. The zero-order valence-electron chi connectivity index (χ0n) is 15.6. The zero-order chi connectivity index (χ0) is 18.4. The molecule has 0 aromatic heterocycles. The van der Waals surface area contributed by atoms with Gasteiger partial charge in [-0.15, -0.1) is 24.0 Å². The van der Waals surface area contributed by atoms with Gasteiger partial charge >= 0.3 is 0 Å². The monoisotopic (exact) mass is 493 g/mol. The first-order chi connectivity index (χ1) is 12.7. The van der Waals surface area contributed by atoms with Gasteiger partial charge in [0.05, 0.1) is 25.4 Å². The lowest BCUT2D eigenvalue weighted by molar-refractivity contribution is -0.0817. The van der Waals surface area contributed by atoms with Crippen molar-refractivity contribution in [3.63, 3.8) is 0 Å². The predicted molar refractivity (Wildman–Crippen MR) is 113 cm³/mol. The molecule has 152 valence electrons. The van der Waals surface area contributed by atoms with Crippen LogP contribution in [0.15, 0.2) is 29.3 Å². The molecule has 8 heteroatoms. The lowest BCUT2D eigenvalue weighted by Crippen LogP contribution is -2.53.